The van der Waals surface area contributed by atoms with Gasteiger partial charge >= 0.3 is 0 Å². The Bertz CT molecular complexity index is 640. The second kappa shape index (κ2) is 5.25. The third kappa shape index (κ3) is 2.54. The predicted octanol–water partition coefficient (Wildman–Crippen LogP) is 3.16. The van der Waals surface area contributed by atoms with Crippen LogP contribution in [0.25, 0.3) is 0 Å². The van der Waals surface area contributed by atoms with E-state index in [4.69, 9.17) is 5.73 Å². The molecule has 3 rings (SSSR count). The van der Waals surface area contributed by atoms with E-state index in [-0.39, 0.29) is 5.91 Å². The van der Waals surface area contributed by atoms with Gasteiger partial charge in [-0.3, -0.25) is 10.1 Å². The first-order chi connectivity index (χ1) is 9.63. The normalized spacial score (nSPS) is 13.8. The predicted molar refractivity (Wildman–Crippen MR) is 82.3 cm³/mol. The van der Waals surface area contributed by atoms with Crippen molar-refractivity contribution in [3.05, 3.63) is 39.9 Å². The molecule has 0 spiro atoms. The lowest BCUT2D eigenvalue weighted by Gasteiger charge is -2.06. The largest absolute Gasteiger partial charge is 0.399 e. The average Bonchev–Trinajstić information content (AvgIpc) is 2.83. The molecule has 104 valence electrons. The molecule has 0 unspecified atom stereocenters. The van der Waals surface area contributed by atoms with Crippen LogP contribution in [0.1, 0.15) is 39.3 Å². The number of benzene rings is 1. The van der Waals surface area contributed by atoms with Crippen LogP contribution in [0.4, 0.5) is 10.8 Å². The highest BCUT2D eigenvalue weighted by Crippen LogP contribution is 2.30. The summed E-state index contributed by atoms with van der Waals surface area (Å²) in [5.74, 6) is -0.138. The molecule has 20 heavy (non-hydrogen) atoms. The second-order valence-corrected chi connectivity index (χ2v) is 6.21. The summed E-state index contributed by atoms with van der Waals surface area (Å²) < 4.78 is 0. The number of carbonyl (C=O) groups is 1. The zero-order valence-corrected chi connectivity index (χ0v) is 12.2. The minimum absolute atomic E-state index is 0.138. The zero-order chi connectivity index (χ0) is 14.1. The van der Waals surface area contributed by atoms with Gasteiger partial charge in [0.25, 0.3) is 5.91 Å². The number of rotatable bonds is 2. The summed E-state index contributed by atoms with van der Waals surface area (Å²) >= 11 is 1.59. The summed E-state index contributed by atoms with van der Waals surface area (Å²) in [5.41, 5.74) is 9.02. The van der Waals surface area contributed by atoms with E-state index in [0.29, 0.717) is 16.4 Å². The number of nitrogens with zero attached hydrogens (tertiary/aromatic N) is 1. The van der Waals surface area contributed by atoms with Gasteiger partial charge in [-0.25, -0.2) is 4.98 Å². The van der Waals surface area contributed by atoms with Gasteiger partial charge in [0.1, 0.15) is 0 Å². The third-order valence-electron chi connectivity index (χ3n) is 3.57. The van der Waals surface area contributed by atoms with Crippen molar-refractivity contribution in [1.29, 1.82) is 0 Å². The van der Waals surface area contributed by atoms with E-state index in [2.05, 4.69) is 10.3 Å². The molecule has 0 radical (unpaired) electrons. The maximum absolute atomic E-state index is 12.3. The number of nitrogen functional groups attached to an aromatic ring is 1. The van der Waals surface area contributed by atoms with E-state index in [1.54, 1.807) is 23.5 Å². The minimum Gasteiger partial charge on any atom is -0.399 e. The van der Waals surface area contributed by atoms with Crippen LogP contribution in [-0.4, -0.2) is 10.9 Å². The first-order valence-corrected chi connectivity index (χ1v) is 7.61. The van der Waals surface area contributed by atoms with Gasteiger partial charge in [0, 0.05) is 16.1 Å². The van der Waals surface area contributed by atoms with E-state index < -0.39 is 0 Å². The molecule has 1 aliphatic carbocycles. The molecular formula is C15H17N3OS. The molecule has 3 N–H and O–H groups in total. The van der Waals surface area contributed by atoms with Crippen LogP contribution in [-0.2, 0) is 12.8 Å². The molecule has 2 aromatic rings. The summed E-state index contributed by atoms with van der Waals surface area (Å²) in [6, 6.07) is 5.36. The van der Waals surface area contributed by atoms with E-state index >= 15 is 0 Å². The Hall–Kier alpha value is -1.88. The van der Waals surface area contributed by atoms with Gasteiger partial charge in [0.2, 0.25) is 0 Å². The molecular weight excluding hydrogens is 270 g/mol. The number of nitrogens with two attached hydrogens (primary N) is 1. The number of aromatic nitrogens is 1. The van der Waals surface area contributed by atoms with Crippen LogP contribution in [0, 0.1) is 6.92 Å². The third-order valence-corrected chi connectivity index (χ3v) is 4.65. The van der Waals surface area contributed by atoms with Gasteiger partial charge in [-0.15, -0.1) is 11.3 Å². The number of fused-ring (bicyclic) bond motifs is 1. The fourth-order valence-corrected chi connectivity index (χ4v) is 3.50. The fraction of sp³-hybridized carbons (Fsp3) is 0.333. The van der Waals surface area contributed by atoms with E-state index in [1.165, 1.54) is 17.7 Å². The molecule has 4 nitrogen and oxygen atoms in total. The smallest absolute Gasteiger partial charge is 0.257 e. The summed E-state index contributed by atoms with van der Waals surface area (Å²) in [4.78, 5) is 18.1. The molecule has 1 heterocycles. The molecule has 1 aliphatic rings. The number of hydrogen-bond acceptors (Lipinski definition) is 4. The Kier molecular flexibility index (Phi) is 3.44. The van der Waals surface area contributed by atoms with Crippen molar-refractivity contribution >= 4 is 28.1 Å². The molecule has 1 amide bonds. The fourth-order valence-electron chi connectivity index (χ4n) is 2.45. The van der Waals surface area contributed by atoms with Crippen molar-refractivity contribution in [3.8, 4) is 0 Å². The van der Waals surface area contributed by atoms with Crippen LogP contribution in [0.5, 0.6) is 0 Å². The highest BCUT2D eigenvalue weighted by molar-refractivity contribution is 7.15. The lowest BCUT2D eigenvalue weighted by atomic mass is 10.0. The molecule has 0 atom stereocenters. The zero-order valence-electron chi connectivity index (χ0n) is 11.4. The van der Waals surface area contributed by atoms with Gasteiger partial charge in [-0.2, -0.15) is 0 Å². The summed E-state index contributed by atoms with van der Waals surface area (Å²) in [7, 11) is 0. The first kappa shape index (κ1) is 13.1. The Morgan fingerprint density at radius 3 is 2.95 bits per heavy atom. The van der Waals surface area contributed by atoms with Crippen LogP contribution >= 0.6 is 11.3 Å². The average molecular weight is 287 g/mol. The molecule has 0 aliphatic heterocycles. The van der Waals surface area contributed by atoms with Crippen LogP contribution in [0.3, 0.4) is 0 Å². The Labute approximate surface area is 122 Å². The van der Waals surface area contributed by atoms with E-state index in [1.807, 2.05) is 13.0 Å². The van der Waals surface area contributed by atoms with E-state index in [0.717, 1.165) is 24.1 Å². The van der Waals surface area contributed by atoms with Crippen molar-refractivity contribution in [2.24, 2.45) is 0 Å². The molecule has 5 heteroatoms. The highest BCUT2D eigenvalue weighted by Gasteiger charge is 2.17. The monoisotopic (exact) mass is 287 g/mol. The lowest BCUT2D eigenvalue weighted by molar-refractivity contribution is 0.102. The van der Waals surface area contributed by atoms with Crippen molar-refractivity contribution in [1.82, 2.24) is 4.98 Å². The summed E-state index contributed by atoms with van der Waals surface area (Å²) in [5, 5.41) is 3.59. The molecule has 0 saturated carbocycles. The summed E-state index contributed by atoms with van der Waals surface area (Å²) in [6.07, 6.45) is 4.52. The second-order valence-electron chi connectivity index (χ2n) is 5.12. The Morgan fingerprint density at radius 1 is 1.35 bits per heavy atom. The van der Waals surface area contributed by atoms with Gasteiger partial charge in [0.15, 0.2) is 5.13 Å². The molecule has 0 bridgehead atoms. The number of carbonyl (C=O) groups excluding carboxylic acids is 1. The van der Waals surface area contributed by atoms with Gasteiger partial charge < -0.3 is 5.73 Å². The number of nitrogens with one attached hydrogen (secondary N) is 1. The lowest BCUT2D eigenvalue weighted by Crippen LogP contribution is -2.13. The molecule has 0 fully saturated rings. The van der Waals surface area contributed by atoms with Crippen molar-refractivity contribution < 1.29 is 4.79 Å². The molecule has 1 aromatic heterocycles. The summed E-state index contributed by atoms with van der Waals surface area (Å²) in [6.45, 7) is 1.90. The molecule has 1 aromatic carbocycles. The number of amides is 1. The van der Waals surface area contributed by atoms with Gasteiger partial charge in [-0.1, -0.05) is 6.07 Å². The number of hydrogen-bond donors (Lipinski definition) is 2. The van der Waals surface area contributed by atoms with Crippen LogP contribution < -0.4 is 11.1 Å². The number of thiazole rings is 1. The molecule has 0 saturated heterocycles. The quantitative estimate of drug-likeness (QED) is 0.834. The number of aryl methyl sites for hydroxylation is 3. The topological polar surface area (TPSA) is 68.0 Å². The SMILES string of the molecule is Cc1ccc(N)cc1C(=O)Nc1nc2c(s1)CCCC2. The van der Waals surface area contributed by atoms with Crippen LogP contribution in [0.15, 0.2) is 18.2 Å². The number of anilines is 2. The maximum Gasteiger partial charge on any atom is 0.257 e. The Balaban J connectivity index is 1.82. The van der Waals surface area contributed by atoms with Crippen molar-refractivity contribution in [3.63, 3.8) is 0 Å². The maximum atomic E-state index is 12.3. The first-order valence-electron chi connectivity index (χ1n) is 6.79. The minimum atomic E-state index is -0.138. The highest BCUT2D eigenvalue weighted by atomic mass is 32.1. The van der Waals surface area contributed by atoms with Crippen LogP contribution in [0.2, 0.25) is 0 Å². The van der Waals surface area contributed by atoms with Gasteiger partial charge in [-0.05, 0) is 50.3 Å². The standard InChI is InChI=1S/C15H17N3OS/c1-9-6-7-10(16)8-11(9)14(19)18-15-17-12-4-2-3-5-13(12)20-15/h6-8H,2-5,16H2,1H3,(H,17,18,19). The van der Waals surface area contributed by atoms with E-state index in [9.17, 15) is 4.79 Å². The van der Waals surface area contributed by atoms with Gasteiger partial charge in [0.05, 0.1) is 5.69 Å². The Morgan fingerprint density at radius 2 is 2.15 bits per heavy atom. The van der Waals surface area contributed by atoms with Crippen molar-refractivity contribution in [2.75, 3.05) is 11.1 Å². The van der Waals surface area contributed by atoms with Crippen molar-refractivity contribution in [2.45, 2.75) is 32.6 Å².